The Balaban J connectivity index is 1.77. The highest BCUT2D eigenvalue weighted by molar-refractivity contribution is 4.90. The SMILES string of the molecule is CCNC(CCCC1CCCO1)C1(C)CCCCC1. The zero-order valence-corrected chi connectivity index (χ0v) is 13.0. The maximum Gasteiger partial charge on any atom is 0.0576 e. The summed E-state index contributed by atoms with van der Waals surface area (Å²) >= 11 is 0. The molecule has 0 aromatic carbocycles. The highest BCUT2D eigenvalue weighted by Crippen LogP contribution is 2.40. The Morgan fingerprint density at radius 1 is 1.21 bits per heavy atom. The third-order valence-corrected chi connectivity index (χ3v) is 5.33. The van der Waals surface area contributed by atoms with Gasteiger partial charge in [-0.1, -0.05) is 33.1 Å². The van der Waals surface area contributed by atoms with Crippen molar-refractivity contribution in [3.63, 3.8) is 0 Å². The molecule has 2 atom stereocenters. The minimum absolute atomic E-state index is 0.546. The lowest BCUT2D eigenvalue weighted by molar-refractivity contribution is 0.0941. The molecule has 1 N–H and O–H groups in total. The summed E-state index contributed by atoms with van der Waals surface area (Å²) in [6, 6.07) is 0.721. The molecule has 2 heteroatoms. The monoisotopic (exact) mass is 267 g/mol. The summed E-state index contributed by atoms with van der Waals surface area (Å²) in [4.78, 5) is 0. The topological polar surface area (TPSA) is 21.3 Å². The van der Waals surface area contributed by atoms with Crippen LogP contribution in [0.4, 0.5) is 0 Å². The Morgan fingerprint density at radius 2 is 2.00 bits per heavy atom. The summed E-state index contributed by atoms with van der Waals surface area (Å²) in [5.41, 5.74) is 0.546. The van der Waals surface area contributed by atoms with Crippen molar-refractivity contribution in [1.82, 2.24) is 5.32 Å². The van der Waals surface area contributed by atoms with Crippen LogP contribution in [-0.4, -0.2) is 25.3 Å². The van der Waals surface area contributed by atoms with E-state index in [4.69, 9.17) is 4.74 Å². The lowest BCUT2D eigenvalue weighted by atomic mass is 9.69. The van der Waals surface area contributed by atoms with Crippen molar-refractivity contribution in [2.75, 3.05) is 13.2 Å². The lowest BCUT2D eigenvalue weighted by Gasteiger charge is -2.41. The number of ether oxygens (including phenoxy) is 1. The third kappa shape index (κ3) is 4.46. The lowest BCUT2D eigenvalue weighted by Crippen LogP contribution is -2.44. The fourth-order valence-electron chi connectivity index (χ4n) is 4.07. The molecule has 1 aliphatic heterocycles. The highest BCUT2D eigenvalue weighted by atomic mass is 16.5. The highest BCUT2D eigenvalue weighted by Gasteiger charge is 2.34. The van der Waals surface area contributed by atoms with Crippen LogP contribution in [0.5, 0.6) is 0 Å². The molecule has 1 aliphatic carbocycles. The van der Waals surface area contributed by atoms with Gasteiger partial charge >= 0.3 is 0 Å². The summed E-state index contributed by atoms with van der Waals surface area (Å²) in [6.45, 7) is 6.88. The molecule has 1 saturated heterocycles. The molecular weight excluding hydrogens is 234 g/mol. The fourth-order valence-corrected chi connectivity index (χ4v) is 4.07. The predicted molar refractivity (Wildman–Crippen MR) is 81.5 cm³/mol. The Morgan fingerprint density at radius 3 is 2.63 bits per heavy atom. The molecular formula is C17H33NO. The number of hydrogen-bond acceptors (Lipinski definition) is 2. The zero-order valence-electron chi connectivity index (χ0n) is 13.0. The van der Waals surface area contributed by atoms with E-state index in [9.17, 15) is 0 Å². The Kier molecular flexibility index (Phi) is 6.15. The van der Waals surface area contributed by atoms with Crippen molar-refractivity contribution in [1.29, 1.82) is 0 Å². The van der Waals surface area contributed by atoms with E-state index < -0.39 is 0 Å². The number of hydrogen-bond donors (Lipinski definition) is 1. The average molecular weight is 267 g/mol. The molecule has 0 amide bonds. The van der Waals surface area contributed by atoms with Crippen molar-refractivity contribution < 1.29 is 4.74 Å². The van der Waals surface area contributed by atoms with Crippen LogP contribution in [0.15, 0.2) is 0 Å². The van der Waals surface area contributed by atoms with E-state index in [1.807, 2.05) is 0 Å². The van der Waals surface area contributed by atoms with E-state index in [0.29, 0.717) is 11.5 Å². The Hall–Kier alpha value is -0.0800. The second kappa shape index (κ2) is 7.64. The van der Waals surface area contributed by atoms with Crippen LogP contribution in [0.3, 0.4) is 0 Å². The molecule has 1 heterocycles. The van der Waals surface area contributed by atoms with Crippen LogP contribution in [0.25, 0.3) is 0 Å². The third-order valence-electron chi connectivity index (χ3n) is 5.33. The first-order valence-electron chi connectivity index (χ1n) is 8.59. The standard InChI is InChI=1S/C17H33NO/c1-3-18-16(17(2)12-5-4-6-13-17)11-7-9-15-10-8-14-19-15/h15-16,18H,3-14H2,1-2H3. The van der Waals surface area contributed by atoms with Crippen LogP contribution < -0.4 is 5.32 Å². The largest absolute Gasteiger partial charge is 0.378 e. The molecule has 0 aromatic rings. The summed E-state index contributed by atoms with van der Waals surface area (Å²) < 4.78 is 5.74. The molecule has 0 aromatic heterocycles. The first-order chi connectivity index (χ1) is 9.24. The molecule has 2 unspecified atom stereocenters. The van der Waals surface area contributed by atoms with Gasteiger partial charge in [0.1, 0.15) is 0 Å². The molecule has 2 nitrogen and oxygen atoms in total. The Labute approximate surface area is 119 Å². The quantitative estimate of drug-likeness (QED) is 0.743. The predicted octanol–water partition coefficient (Wildman–Crippen LogP) is 4.28. The molecule has 2 aliphatic rings. The summed E-state index contributed by atoms with van der Waals surface area (Å²) in [5.74, 6) is 0. The van der Waals surface area contributed by atoms with Crippen molar-refractivity contribution >= 4 is 0 Å². The maximum absolute atomic E-state index is 5.74. The van der Waals surface area contributed by atoms with E-state index in [0.717, 1.165) is 19.2 Å². The van der Waals surface area contributed by atoms with Gasteiger partial charge in [0.25, 0.3) is 0 Å². The average Bonchev–Trinajstić information content (AvgIpc) is 2.92. The van der Waals surface area contributed by atoms with Gasteiger partial charge in [-0.3, -0.25) is 0 Å². The zero-order chi connectivity index (χ0) is 13.6. The van der Waals surface area contributed by atoms with Crippen LogP contribution in [0.2, 0.25) is 0 Å². The van der Waals surface area contributed by atoms with Crippen molar-refractivity contribution in [2.24, 2.45) is 5.41 Å². The molecule has 0 radical (unpaired) electrons. The maximum atomic E-state index is 5.74. The van der Waals surface area contributed by atoms with Gasteiger partial charge in [0.05, 0.1) is 6.10 Å². The molecule has 0 bridgehead atoms. The van der Waals surface area contributed by atoms with Gasteiger partial charge in [-0.15, -0.1) is 0 Å². The van der Waals surface area contributed by atoms with Gasteiger partial charge in [-0.05, 0) is 56.9 Å². The van der Waals surface area contributed by atoms with E-state index in [1.165, 1.54) is 64.2 Å². The molecule has 2 fully saturated rings. The molecule has 1 saturated carbocycles. The van der Waals surface area contributed by atoms with E-state index in [-0.39, 0.29) is 0 Å². The number of rotatable bonds is 7. The van der Waals surface area contributed by atoms with Crippen LogP contribution >= 0.6 is 0 Å². The molecule has 112 valence electrons. The molecule has 19 heavy (non-hydrogen) atoms. The minimum atomic E-state index is 0.546. The molecule has 2 rings (SSSR count). The molecule has 0 spiro atoms. The summed E-state index contributed by atoms with van der Waals surface area (Å²) in [7, 11) is 0. The first kappa shape index (κ1) is 15.3. The fraction of sp³-hybridized carbons (Fsp3) is 1.00. The summed E-state index contributed by atoms with van der Waals surface area (Å²) in [5, 5.41) is 3.78. The van der Waals surface area contributed by atoms with Gasteiger partial charge in [-0.2, -0.15) is 0 Å². The van der Waals surface area contributed by atoms with Crippen molar-refractivity contribution in [2.45, 2.75) is 90.2 Å². The van der Waals surface area contributed by atoms with E-state index >= 15 is 0 Å². The van der Waals surface area contributed by atoms with Crippen molar-refractivity contribution in [3.05, 3.63) is 0 Å². The van der Waals surface area contributed by atoms with Gasteiger partial charge < -0.3 is 10.1 Å². The van der Waals surface area contributed by atoms with E-state index in [1.54, 1.807) is 0 Å². The summed E-state index contributed by atoms with van der Waals surface area (Å²) in [6.07, 6.45) is 14.2. The van der Waals surface area contributed by atoms with Crippen LogP contribution in [-0.2, 0) is 4.74 Å². The smallest absolute Gasteiger partial charge is 0.0576 e. The van der Waals surface area contributed by atoms with Crippen LogP contribution in [0, 0.1) is 5.41 Å². The van der Waals surface area contributed by atoms with Gasteiger partial charge in [0, 0.05) is 12.6 Å². The van der Waals surface area contributed by atoms with Gasteiger partial charge in [-0.25, -0.2) is 0 Å². The van der Waals surface area contributed by atoms with Crippen molar-refractivity contribution in [3.8, 4) is 0 Å². The second-order valence-corrected chi connectivity index (χ2v) is 6.89. The first-order valence-corrected chi connectivity index (χ1v) is 8.59. The van der Waals surface area contributed by atoms with Gasteiger partial charge in [0.15, 0.2) is 0 Å². The number of nitrogens with one attached hydrogen (secondary N) is 1. The van der Waals surface area contributed by atoms with Crippen LogP contribution in [0.1, 0.15) is 78.1 Å². The van der Waals surface area contributed by atoms with E-state index in [2.05, 4.69) is 19.2 Å². The normalized spacial score (nSPS) is 28.4. The second-order valence-electron chi connectivity index (χ2n) is 6.89. The minimum Gasteiger partial charge on any atom is -0.378 e. The van der Waals surface area contributed by atoms with Gasteiger partial charge in [0.2, 0.25) is 0 Å². The Bertz CT molecular complexity index is 242.